The molecule has 0 radical (unpaired) electrons. The first kappa shape index (κ1) is 45.4. The Labute approximate surface area is 422 Å². The Kier molecular flexibility index (Phi) is 11.6. The lowest BCUT2D eigenvalue weighted by atomic mass is 9.33. The Morgan fingerprint density at radius 3 is 1.15 bits per heavy atom. The molecule has 0 saturated heterocycles. The van der Waals surface area contributed by atoms with E-state index in [0.29, 0.717) is 29.3 Å². The summed E-state index contributed by atoms with van der Waals surface area (Å²) < 4.78 is 0. The van der Waals surface area contributed by atoms with Crippen LogP contribution < -0.4 is 26.2 Å². The fourth-order valence-electron chi connectivity index (χ4n) is 12.2. The van der Waals surface area contributed by atoms with Gasteiger partial charge in [-0.2, -0.15) is 0 Å². The van der Waals surface area contributed by atoms with E-state index >= 15 is 0 Å². The quantitative estimate of drug-likeness (QED) is 0.149. The van der Waals surface area contributed by atoms with Crippen LogP contribution in [0, 0.1) is 0 Å². The zero-order valence-electron chi connectivity index (χ0n) is 42.6. The minimum absolute atomic E-state index is 0.00757. The van der Waals surface area contributed by atoms with Crippen molar-refractivity contribution in [3.8, 4) is 34.2 Å². The lowest BCUT2D eigenvalue weighted by Gasteiger charge is -2.45. The average Bonchev–Trinajstić information content (AvgIpc) is 3.41. The fourth-order valence-corrected chi connectivity index (χ4v) is 12.2. The highest BCUT2D eigenvalue weighted by Crippen LogP contribution is 2.48. The second-order valence-electron chi connectivity index (χ2n) is 23.0. The van der Waals surface area contributed by atoms with E-state index in [9.17, 15) is 0 Å². The predicted octanol–water partition coefficient (Wildman–Crippen LogP) is 15.6. The van der Waals surface area contributed by atoms with E-state index in [1.54, 1.807) is 0 Å². The summed E-state index contributed by atoms with van der Waals surface area (Å²) in [6.07, 6.45) is 12.8. The molecule has 12 rings (SSSR count). The lowest BCUT2D eigenvalue weighted by Crippen LogP contribution is -2.61. The molecule has 8 aromatic rings. The van der Waals surface area contributed by atoms with Crippen LogP contribution in [0.1, 0.15) is 140 Å². The summed E-state index contributed by atoms with van der Waals surface area (Å²) in [5, 5.41) is 0. The van der Waals surface area contributed by atoms with E-state index in [1.165, 1.54) is 126 Å². The van der Waals surface area contributed by atoms with Crippen LogP contribution in [0.3, 0.4) is 0 Å². The summed E-state index contributed by atoms with van der Waals surface area (Å²) in [7, 11) is 0. The Bertz CT molecular complexity index is 3020. The molecule has 1 aromatic heterocycles. The van der Waals surface area contributed by atoms with E-state index < -0.39 is 0 Å². The monoisotopic (exact) mass is 928 g/mol. The van der Waals surface area contributed by atoms with Gasteiger partial charge in [0.05, 0.1) is 0 Å². The molecule has 5 nitrogen and oxygen atoms in total. The van der Waals surface area contributed by atoms with Gasteiger partial charge in [-0.3, -0.25) is 0 Å². The molecule has 0 bridgehead atoms. The van der Waals surface area contributed by atoms with Gasteiger partial charge in [0, 0.05) is 50.8 Å². The Balaban J connectivity index is 1.17. The number of benzene rings is 7. The second kappa shape index (κ2) is 18.1. The number of hydrogen-bond donors (Lipinski definition) is 0. The molecule has 2 aliphatic heterocycles. The lowest BCUT2D eigenvalue weighted by molar-refractivity contribution is 0.444. The van der Waals surface area contributed by atoms with Crippen molar-refractivity contribution >= 4 is 57.2 Å². The van der Waals surface area contributed by atoms with Gasteiger partial charge >= 0.3 is 0 Å². The molecule has 0 unspecified atom stereocenters. The van der Waals surface area contributed by atoms with Crippen LogP contribution in [0.15, 0.2) is 158 Å². The van der Waals surface area contributed by atoms with Crippen LogP contribution in [0.2, 0.25) is 0 Å². The van der Waals surface area contributed by atoms with Gasteiger partial charge in [0.15, 0.2) is 17.5 Å². The fraction of sp³-hybridized carbons (Fsp3) is 0.308. The van der Waals surface area contributed by atoms with Gasteiger partial charge in [-0.05, 0) is 136 Å². The Hall–Kier alpha value is -6.79. The SMILES string of the molecule is CC(C)(C)c1ccc(N2c3cc(C4CCCCC4)ccc3B3c4ccc(C5CCCCC5)cc4N(c4ccc(C(C)(C)C)cc4)c4cc(-c5nc(-c6ccccc6)nc(-c6ccccc6)n5)cc2c43)cc1. The third-order valence-electron chi connectivity index (χ3n) is 16.2. The molecule has 0 spiro atoms. The number of hydrogen-bond acceptors (Lipinski definition) is 5. The summed E-state index contributed by atoms with van der Waals surface area (Å²) in [5.41, 5.74) is 19.7. The second-order valence-corrected chi connectivity index (χ2v) is 23.0. The number of anilines is 6. The molecular weight excluding hydrogens is 862 g/mol. The van der Waals surface area contributed by atoms with E-state index in [4.69, 9.17) is 15.0 Å². The van der Waals surface area contributed by atoms with Gasteiger partial charge in [-0.25, -0.2) is 15.0 Å². The van der Waals surface area contributed by atoms with Crippen molar-refractivity contribution in [3.63, 3.8) is 0 Å². The van der Waals surface area contributed by atoms with Crippen molar-refractivity contribution in [2.75, 3.05) is 9.80 Å². The first-order valence-corrected chi connectivity index (χ1v) is 26.6. The third kappa shape index (κ3) is 8.47. The van der Waals surface area contributed by atoms with Gasteiger partial charge in [0.2, 0.25) is 0 Å². The summed E-state index contributed by atoms with van der Waals surface area (Å²) in [6.45, 7) is 13.8. The van der Waals surface area contributed by atoms with Crippen molar-refractivity contribution < 1.29 is 0 Å². The standard InChI is InChI=1S/C65H66BN5/c1-64(2,3)50-29-33-52(34-30-50)70-56-39-47(43-19-11-7-12-20-43)27-37-54(56)66-55-38-28-48(44-21-13-8-14-22-44)40-57(55)71(53-35-31-51(32-36-53)65(4,5)6)59-42-49(41-58(70)60(59)66)63-68-61(45-23-15-9-16-24-45)67-62(69-63)46-25-17-10-18-26-46/h9-10,15-18,23-44H,7-8,11-14,19-22H2,1-6H3. The molecule has 354 valence electrons. The first-order valence-electron chi connectivity index (χ1n) is 26.6. The van der Waals surface area contributed by atoms with Crippen molar-refractivity contribution in [1.82, 2.24) is 15.0 Å². The average molecular weight is 928 g/mol. The smallest absolute Gasteiger partial charge is 0.252 e. The van der Waals surface area contributed by atoms with Crippen molar-refractivity contribution in [2.24, 2.45) is 0 Å². The molecule has 71 heavy (non-hydrogen) atoms. The molecule has 0 amide bonds. The molecule has 6 heteroatoms. The summed E-state index contributed by atoms with van der Waals surface area (Å²) >= 11 is 0. The highest BCUT2D eigenvalue weighted by atomic mass is 15.2. The van der Waals surface area contributed by atoms with Crippen LogP contribution in [-0.4, -0.2) is 21.7 Å². The number of fused-ring (bicyclic) bond motifs is 4. The first-order chi connectivity index (χ1) is 34.5. The zero-order valence-corrected chi connectivity index (χ0v) is 42.6. The molecule has 0 atom stereocenters. The molecule has 0 N–H and O–H groups in total. The third-order valence-corrected chi connectivity index (χ3v) is 16.2. The largest absolute Gasteiger partial charge is 0.311 e. The maximum absolute atomic E-state index is 5.41. The van der Waals surface area contributed by atoms with E-state index in [0.717, 1.165) is 28.1 Å². The number of rotatable bonds is 7. The summed E-state index contributed by atoms with van der Waals surface area (Å²) in [5.74, 6) is 3.09. The predicted molar refractivity (Wildman–Crippen MR) is 299 cm³/mol. The van der Waals surface area contributed by atoms with E-state index in [-0.39, 0.29) is 17.5 Å². The van der Waals surface area contributed by atoms with Crippen LogP contribution in [0.25, 0.3) is 34.2 Å². The van der Waals surface area contributed by atoms with E-state index in [2.05, 4.69) is 209 Å². The van der Waals surface area contributed by atoms with Crippen LogP contribution >= 0.6 is 0 Å². The molecular formula is C65H66BN5. The maximum atomic E-state index is 5.41. The topological polar surface area (TPSA) is 45.2 Å². The summed E-state index contributed by atoms with van der Waals surface area (Å²) in [6, 6.07) is 59.5. The zero-order chi connectivity index (χ0) is 48.4. The minimum Gasteiger partial charge on any atom is -0.311 e. The van der Waals surface area contributed by atoms with Crippen LogP contribution in [-0.2, 0) is 10.8 Å². The minimum atomic E-state index is 0.00757. The Morgan fingerprint density at radius 2 is 0.775 bits per heavy atom. The van der Waals surface area contributed by atoms with Crippen molar-refractivity contribution in [3.05, 3.63) is 180 Å². The highest BCUT2D eigenvalue weighted by Gasteiger charge is 2.44. The van der Waals surface area contributed by atoms with Gasteiger partial charge in [0.25, 0.3) is 6.71 Å². The Morgan fingerprint density at radius 1 is 0.394 bits per heavy atom. The molecule has 4 aliphatic rings. The molecule has 7 aromatic carbocycles. The number of nitrogens with zero attached hydrogens (tertiary/aromatic N) is 5. The van der Waals surface area contributed by atoms with Gasteiger partial charge < -0.3 is 9.80 Å². The van der Waals surface area contributed by atoms with Gasteiger partial charge in [0.1, 0.15) is 0 Å². The van der Waals surface area contributed by atoms with Crippen LogP contribution in [0.4, 0.5) is 34.1 Å². The number of aromatic nitrogens is 3. The van der Waals surface area contributed by atoms with Gasteiger partial charge in [-0.1, -0.05) is 189 Å². The van der Waals surface area contributed by atoms with Crippen molar-refractivity contribution in [1.29, 1.82) is 0 Å². The van der Waals surface area contributed by atoms with E-state index in [1.807, 2.05) is 0 Å². The highest BCUT2D eigenvalue weighted by molar-refractivity contribution is 7.00. The van der Waals surface area contributed by atoms with Gasteiger partial charge in [-0.15, -0.1) is 0 Å². The maximum Gasteiger partial charge on any atom is 0.252 e. The normalized spacial score (nSPS) is 16.1. The van der Waals surface area contributed by atoms with Crippen molar-refractivity contribution in [2.45, 2.75) is 128 Å². The molecule has 2 aliphatic carbocycles. The molecule has 2 fully saturated rings. The summed E-state index contributed by atoms with van der Waals surface area (Å²) in [4.78, 5) is 21.2. The molecule has 3 heterocycles. The van der Waals surface area contributed by atoms with Crippen LogP contribution in [0.5, 0.6) is 0 Å². The molecule has 2 saturated carbocycles.